The van der Waals surface area contributed by atoms with Crippen molar-refractivity contribution in [3.05, 3.63) is 41.7 Å². The molecule has 0 saturated heterocycles. The van der Waals surface area contributed by atoms with Crippen LogP contribution in [0.5, 0.6) is 5.75 Å². The summed E-state index contributed by atoms with van der Waals surface area (Å²) in [6, 6.07) is 9.47. The maximum Gasteiger partial charge on any atom is 0.172 e. The summed E-state index contributed by atoms with van der Waals surface area (Å²) in [5.41, 5.74) is 1.06. The third-order valence-corrected chi connectivity index (χ3v) is 2.64. The third-order valence-electron chi connectivity index (χ3n) is 2.64. The Labute approximate surface area is 112 Å². The molecule has 0 aliphatic carbocycles. The number of hydrogen-bond donors (Lipinski definition) is 0. The van der Waals surface area contributed by atoms with Crippen molar-refractivity contribution in [2.45, 2.75) is 27.0 Å². The molecule has 0 aliphatic heterocycles. The van der Waals surface area contributed by atoms with Crippen LogP contribution in [0.4, 0.5) is 0 Å². The molecule has 0 fully saturated rings. The molecule has 2 aromatic rings. The van der Waals surface area contributed by atoms with E-state index < -0.39 is 0 Å². The molecular formula is C14H17N3O2. The van der Waals surface area contributed by atoms with Crippen LogP contribution in [0.2, 0.25) is 0 Å². The zero-order valence-corrected chi connectivity index (χ0v) is 11.1. The van der Waals surface area contributed by atoms with Crippen LogP contribution >= 0.6 is 0 Å². The predicted octanol–water partition coefficient (Wildman–Crippen LogP) is 2.33. The fourth-order valence-corrected chi connectivity index (χ4v) is 1.75. The van der Waals surface area contributed by atoms with Gasteiger partial charge in [0.25, 0.3) is 0 Å². The predicted molar refractivity (Wildman–Crippen MR) is 71.0 cm³/mol. The highest BCUT2D eigenvalue weighted by molar-refractivity contribution is 5.73. The van der Waals surface area contributed by atoms with E-state index in [1.54, 1.807) is 4.68 Å². The van der Waals surface area contributed by atoms with E-state index in [1.165, 1.54) is 0 Å². The highest BCUT2D eigenvalue weighted by Crippen LogP contribution is 2.13. The molecule has 0 atom stereocenters. The summed E-state index contributed by atoms with van der Waals surface area (Å²) >= 11 is 0. The van der Waals surface area contributed by atoms with E-state index >= 15 is 0 Å². The molecule has 1 heterocycles. The second kappa shape index (κ2) is 6.13. The van der Waals surface area contributed by atoms with Crippen molar-refractivity contribution in [3.63, 3.8) is 0 Å². The first-order valence-corrected chi connectivity index (χ1v) is 6.26. The molecule has 0 spiro atoms. The second-order valence-electron chi connectivity index (χ2n) is 4.72. The Morgan fingerprint density at radius 1 is 1.32 bits per heavy atom. The molecule has 0 radical (unpaired) electrons. The number of ether oxygens (including phenoxy) is 1. The van der Waals surface area contributed by atoms with Gasteiger partial charge in [-0.15, -0.1) is 5.10 Å². The van der Waals surface area contributed by atoms with Crippen molar-refractivity contribution in [2.75, 3.05) is 0 Å². The summed E-state index contributed by atoms with van der Waals surface area (Å²) in [6.45, 7) is 5.18. The van der Waals surface area contributed by atoms with Gasteiger partial charge < -0.3 is 4.74 Å². The van der Waals surface area contributed by atoms with Crippen LogP contribution in [0.15, 0.2) is 30.3 Å². The number of hydrogen-bond acceptors (Lipinski definition) is 4. The molecule has 100 valence electrons. The SMILES string of the molecule is CC(C)Cn1nnc(C=O)c1COc1ccccc1. The molecule has 1 aromatic heterocycles. The zero-order valence-electron chi connectivity index (χ0n) is 11.1. The van der Waals surface area contributed by atoms with Crippen LogP contribution in [0.1, 0.15) is 30.0 Å². The molecule has 2 rings (SSSR count). The molecule has 0 N–H and O–H groups in total. The average Bonchev–Trinajstić information content (AvgIpc) is 2.79. The summed E-state index contributed by atoms with van der Waals surface area (Å²) in [7, 11) is 0. The Kier molecular flexibility index (Phi) is 4.28. The maximum atomic E-state index is 11.0. The van der Waals surface area contributed by atoms with Crippen LogP contribution in [0, 0.1) is 5.92 Å². The second-order valence-corrected chi connectivity index (χ2v) is 4.72. The molecule has 0 amide bonds. The Bertz CT molecular complexity index is 535. The molecule has 1 aromatic carbocycles. The van der Waals surface area contributed by atoms with Crippen molar-refractivity contribution < 1.29 is 9.53 Å². The van der Waals surface area contributed by atoms with Crippen LogP contribution < -0.4 is 4.74 Å². The number of aldehydes is 1. The Morgan fingerprint density at radius 2 is 2.05 bits per heavy atom. The van der Waals surface area contributed by atoms with Gasteiger partial charge in [0, 0.05) is 6.54 Å². The van der Waals surface area contributed by atoms with E-state index in [4.69, 9.17) is 4.74 Å². The maximum absolute atomic E-state index is 11.0. The van der Waals surface area contributed by atoms with Crippen molar-refractivity contribution in [2.24, 2.45) is 5.92 Å². The van der Waals surface area contributed by atoms with E-state index in [0.717, 1.165) is 5.75 Å². The largest absolute Gasteiger partial charge is 0.487 e. The Hall–Kier alpha value is -2.17. The Morgan fingerprint density at radius 3 is 2.68 bits per heavy atom. The van der Waals surface area contributed by atoms with E-state index in [1.807, 2.05) is 30.3 Å². The van der Waals surface area contributed by atoms with E-state index in [2.05, 4.69) is 24.2 Å². The number of benzene rings is 1. The molecular weight excluding hydrogens is 242 g/mol. The van der Waals surface area contributed by atoms with Gasteiger partial charge in [-0.3, -0.25) is 4.79 Å². The lowest BCUT2D eigenvalue weighted by atomic mass is 10.2. The van der Waals surface area contributed by atoms with E-state index in [-0.39, 0.29) is 6.61 Å². The fourth-order valence-electron chi connectivity index (χ4n) is 1.75. The number of nitrogens with zero attached hydrogens (tertiary/aromatic N) is 3. The van der Waals surface area contributed by atoms with Gasteiger partial charge >= 0.3 is 0 Å². The summed E-state index contributed by atoms with van der Waals surface area (Å²) in [5.74, 6) is 1.19. The van der Waals surface area contributed by atoms with Gasteiger partial charge in [0.2, 0.25) is 0 Å². The zero-order chi connectivity index (χ0) is 13.7. The number of carbonyl (C=O) groups excluding carboxylic acids is 1. The van der Waals surface area contributed by atoms with Gasteiger partial charge in [0.05, 0.1) is 0 Å². The lowest BCUT2D eigenvalue weighted by Gasteiger charge is -2.10. The van der Waals surface area contributed by atoms with Crippen LogP contribution in [-0.2, 0) is 13.2 Å². The number of carbonyl (C=O) groups is 1. The third kappa shape index (κ3) is 3.40. The molecule has 0 unspecified atom stereocenters. The minimum absolute atomic E-state index is 0.289. The van der Waals surface area contributed by atoms with Crippen molar-refractivity contribution in [1.82, 2.24) is 15.0 Å². The number of para-hydroxylation sites is 1. The normalized spacial score (nSPS) is 10.7. The van der Waals surface area contributed by atoms with Gasteiger partial charge in [-0.25, -0.2) is 4.68 Å². The average molecular weight is 259 g/mol. The highest BCUT2D eigenvalue weighted by Gasteiger charge is 2.13. The number of aromatic nitrogens is 3. The van der Waals surface area contributed by atoms with Crippen molar-refractivity contribution >= 4 is 6.29 Å². The fraction of sp³-hybridized carbons (Fsp3) is 0.357. The summed E-state index contributed by atoms with van der Waals surface area (Å²) < 4.78 is 7.39. The first-order valence-electron chi connectivity index (χ1n) is 6.26. The summed E-state index contributed by atoms with van der Waals surface area (Å²) in [5, 5.41) is 7.86. The van der Waals surface area contributed by atoms with Crippen LogP contribution in [-0.4, -0.2) is 21.3 Å². The van der Waals surface area contributed by atoms with E-state index in [0.29, 0.717) is 30.1 Å². The lowest BCUT2D eigenvalue weighted by Crippen LogP contribution is -2.12. The molecule has 0 saturated carbocycles. The Balaban J connectivity index is 2.13. The summed E-state index contributed by atoms with van der Waals surface area (Å²) in [4.78, 5) is 11.0. The standard InChI is InChI=1S/C14H17N3O2/c1-11(2)8-17-14(13(9-18)15-16-17)10-19-12-6-4-3-5-7-12/h3-7,9,11H,8,10H2,1-2H3. The van der Waals surface area contributed by atoms with Gasteiger partial charge in [0.1, 0.15) is 18.1 Å². The molecule has 0 aliphatic rings. The highest BCUT2D eigenvalue weighted by atomic mass is 16.5. The lowest BCUT2D eigenvalue weighted by molar-refractivity contribution is 0.111. The first kappa shape index (κ1) is 13.3. The minimum Gasteiger partial charge on any atom is -0.487 e. The van der Waals surface area contributed by atoms with Gasteiger partial charge in [0.15, 0.2) is 12.0 Å². The van der Waals surface area contributed by atoms with E-state index in [9.17, 15) is 4.79 Å². The smallest absolute Gasteiger partial charge is 0.172 e. The van der Waals surface area contributed by atoms with Gasteiger partial charge in [-0.2, -0.15) is 0 Å². The van der Waals surface area contributed by atoms with Crippen molar-refractivity contribution in [1.29, 1.82) is 0 Å². The first-order chi connectivity index (χ1) is 9.20. The van der Waals surface area contributed by atoms with Crippen LogP contribution in [0.25, 0.3) is 0 Å². The molecule has 19 heavy (non-hydrogen) atoms. The van der Waals surface area contributed by atoms with Gasteiger partial charge in [-0.1, -0.05) is 37.3 Å². The number of rotatable bonds is 6. The van der Waals surface area contributed by atoms with Gasteiger partial charge in [-0.05, 0) is 18.1 Å². The van der Waals surface area contributed by atoms with Crippen molar-refractivity contribution in [3.8, 4) is 5.75 Å². The monoisotopic (exact) mass is 259 g/mol. The quantitative estimate of drug-likeness (QED) is 0.747. The minimum atomic E-state index is 0.289. The van der Waals surface area contributed by atoms with Crippen LogP contribution in [0.3, 0.4) is 0 Å². The molecule has 5 heteroatoms. The topological polar surface area (TPSA) is 57.0 Å². The molecule has 0 bridgehead atoms. The summed E-state index contributed by atoms with van der Waals surface area (Å²) in [6.07, 6.45) is 0.716. The molecule has 5 nitrogen and oxygen atoms in total.